The first-order valence-electron chi connectivity index (χ1n) is 5.54. The average molecular weight is 258 g/mol. The second-order valence-electron chi connectivity index (χ2n) is 4.07. The van der Waals surface area contributed by atoms with E-state index in [1.54, 1.807) is 6.07 Å². The molecule has 0 aliphatic heterocycles. The van der Waals surface area contributed by atoms with E-state index < -0.39 is 0 Å². The smallest absolute Gasteiger partial charge is 0.214 e. The predicted molar refractivity (Wildman–Crippen MR) is 65.8 cm³/mol. The van der Waals surface area contributed by atoms with Gasteiger partial charge in [0.2, 0.25) is 5.16 Å². The number of nitrogens with two attached hydrogens (primary N) is 1. The number of nitrogens with zero attached hydrogens (tertiary/aromatic N) is 5. The number of aromatic nitrogens is 4. The van der Waals surface area contributed by atoms with Gasteiger partial charge in [-0.15, -0.1) is 5.10 Å². The number of nitrogen functional groups attached to an aromatic ring is 1. The summed E-state index contributed by atoms with van der Waals surface area (Å²) in [6, 6.07) is 7.86. The third kappa shape index (κ3) is 1.91. The van der Waals surface area contributed by atoms with Crippen molar-refractivity contribution in [3.05, 3.63) is 23.8 Å². The third-order valence-electron chi connectivity index (χ3n) is 2.74. The summed E-state index contributed by atoms with van der Waals surface area (Å²) < 4.78 is 1.82. The number of hydrogen-bond donors (Lipinski definition) is 1. The van der Waals surface area contributed by atoms with Crippen LogP contribution in [0.1, 0.15) is 24.4 Å². The Kier molecular flexibility index (Phi) is 2.64. The lowest BCUT2D eigenvalue weighted by atomic mass is 10.2. The summed E-state index contributed by atoms with van der Waals surface area (Å²) >= 11 is 1.40. The maximum Gasteiger partial charge on any atom is 0.214 e. The number of rotatable bonds is 3. The van der Waals surface area contributed by atoms with Gasteiger partial charge in [0.15, 0.2) is 0 Å². The number of anilines is 1. The van der Waals surface area contributed by atoms with Gasteiger partial charge in [0.25, 0.3) is 0 Å². The van der Waals surface area contributed by atoms with E-state index in [-0.39, 0.29) is 0 Å². The molecule has 0 saturated heterocycles. The molecule has 6 nitrogen and oxygen atoms in total. The van der Waals surface area contributed by atoms with E-state index >= 15 is 0 Å². The molecule has 0 bridgehead atoms. The van der Waals surface area contributed by atoms with Gasteiger partial charge in [0, 0.05) is 4.90 Å². The standard InChI is InChI=1S/C11H10N6S/c12-6-7-2-1-3-9(10(7)13)18-11-14-15-16-17(11)8-4-5-8/h1-3,8H,4-5,13H2. The van der Waals surface area contributed by atoms with Gasteiger partial charge in [-0.3, -0.25) is 0 Å². The number of tetrazole rings is 1. The Bertz CT molecular complexity index is 625. The molecular weight excluding hydrogens is 248 g/mol. The van der Waals surface area contributed by atoms with Crippen LogP contribution >= 0.6 is 11.8 Å². The van der Waals surface area contributed by atoms with Crippen molar-refractivity contribution in [3.63, 3.8) is 0 Å². The van der Waals surface area contributed by atoms with Gasteiger partial charge in [-0.2, -0.15) is 5.26 Å². The average Bonchev–Trinajstić information content (AvgIpc) is 3.13. The number of para-hydroxylation sites is 1. The molecule has 2 aromatic rings. The fraction of sp³-hybridized carbons (Fsp3) is 0.273. The van der Waals surface area contributed by atoms with Crippen molar-refractivity contribution in [2.24, 2.45) is 0 Å². The molecular formula is C11H10N6S. The minimum Gasteiger partial charge on any atom is -0.397 e. The summed E-state index contributed by atoms with van der Waals surface area (Å²) in [6.45, 7) is 0. The quantitative estimate of drug-likeness (QED) is 0.841. The molecule has 18 heavy (non-hydrogen) atoms. The summed E-state index contributed by atoms with van der Waals surface area (Å²) in [4.78, 5) is 0.811. The zero-order valence-electron chi connectivity index (χ0n) is 9.45. The fourth-order valence-electron chi connectivity index (χ4n) is 1.63. The molecule has 1 aliphatic rings. The molecule has 2 N–H and O–H groups in total. The van der Waals surface area contributed by atoms with E-state index in [1.807, 2.05) is 16.8 Å². The van der Waals surface area contributed by atoms with Crippen LogP contribution in [-0.4, -0.2) is 20.2 Å². The lowest BCUT2D eigenvalue weighted by molar-refractivity contribution is 0.565. The van der Waals surface area contributed by atoms with Crippen LogP contribution in [0.15, 0.2) is 28.3 Å². The van der Waals surface area contributed by atoms with Crippen molar-refractivity contribution in [1.29, 1.82) is 5.26 Å². The van der Waals surface area contributed by atoms with Gasteiger partial charge >= 0.3 is 0 Å². The molecule has 0 unspecified atom stereocenters. The van der Waals surface area contributed by atoms with Crippen molar-refractivity contribution in [1.82, 2.24) is 20.2 Å². The van der Waals surface area contributed by atoms with E-state index in [9.17, 15) is 0 Å². The van der Waals surface area contributed by atoms with E-state index in [0.29, 0.717) is 17.3 Å². The van der Waals surface area contributed by atoms with E-state index in [4.69, 9.17) is 11.0 Å². The molecule has 1 aliphatic carbocycles. The lowest BCUT2D eigenvalue weighted by Crippen LogP contribution is -1.99. The molecule has 0 radical (unpaired) electrons. The van der Waals surface area contributed by atoms with Gasteiger partial charge in [-0.1, -0.05) is 6.07 Å². The number of hydrogen-bond acceptors (Lipinski definition) is 6. The van der Waals surface area contributed by atoms with Gasteiger partial charge in [0.1, 0.15) is 6.07 Å². The maximum absolute atomic E-state index is 8.94. The van der Waals surface area contributed by atoms with Gasteiger partial charge in [-0.25, -0.2) is 4.68 Å². The van der Waals surface area contributed by atoms with Crippen molar-refractivity contribution in [2.45, 2.75) is 28.9 Å². The molecule has 0 spiro atoms. The topological polar surface area (TPSA) is 93.4 Å². The largest absolute Gasteiger partial charge is 0.397 e. The molecule has 1 aromatic carbocycles. The number of nitriles is 1. The van der Waals surface area contributed by atoms with Crippen LogP contribution in [0.3, 0.4) is 0 Å². The van der Waals surface area contributed by atoms with Crippen LogP contribution < -0.4 is 5.73 Å². The van der Waals surface area contributed by atoms with Gasteiger partial charge in [0.05, 0.1) is 17.3 Å². The summed E-state index contributed by atoms with van der Waals surface area (Å²) in [7, 11) is 0. The summed E-state index contributed by atoms with van der Waals surface area (Å²) in [5.41, 5.74) is 6.89. The molecule has 1 fully saturated rings. The third-order valence-corrected chi connectivity index (χ3v) is 3.77. The van der Waals surface area contributed by atoms with Crippen LogP contribution in [0.25, 0.3) is 0 Å². The summed E-state index contributed by atoms with van der Waals surface area (Å²) in [6.07, 6.45) is 2.23. The van der Waals surface area contributed by atoms with Gasteiger partial charge in [-0.05, 0) is 47.2 Å². The second-order valence-corrected chi connectivity index (χ2v) is 5.08. The Labute approximate surface area is 108 Å². The Hall–Kier alpha value is -2.07. The Morgan fingerprint density at radius 1 is 1.44 bits per heavy atom. The molecule has 7 heteroatoms. The van der Waals surface area contributed by atoms with Crippen molar-refractivity contribution < 1.29 is 0 Å². The highest BCUT2D eigenvalue weighted by atomic mass is 32.2. The van der Waals surface area contributed by atoms with Crippen LogP contribution in [-0.2, 0) is 0 Å². The Morgan fingerprint density at radius 3 is 3.00 bits per heavy atom. The molecule has 1 saturated carbocycles. The molecule has 0 atom stereocenters. The predicted octanol–water partition coefficient (Wildman–Crippen LogP) is 1.61. The SMILES string of the molecule is N#Cc1cccc(Sc2nnnn2C2CC2)c1N. The molecule has 90 valence electrons. The van der Waals surface area contributed by atoms with Crippen LogP contribution in [0.5, 0.6) is 0 Å². The van der Waals surface area contributed by atoms with Crippen molar-refractivity contribution in [2.75, 3.05) is 5.73 Å². The van der Waals surface area contributed by atoms with Crippen LogP contribution in [0, 0.1) is 11.3 Å². The Balaban J connectivity index is 1.92. The highest BCUT2D eigenvalue weighted by Crippen LogP contribution is 2.39. The van der Waals surface area contributed by atoms with Gasteiger partial charge < -0.3 is 5.73 Å². The normalized spacial score (nSPS) is 14.4. The summed E-state index contributed by atoms with van der Waals surface area (Å²) in [5, 5.41) is 21.3. The first-order chi connectivity index (χ1) is 8.79. The first kappa shape index (κ1) is 11.0. The molecule has 3 rings (SSSR count). The highest BCUT2D eigenvalue weighted by molar-refractivity contribution is 7.99. The van der Waals surface area contributed by atoms with Crippen molar-refractivity contribution >= 4 is 17.4 Å². The second kappa shape index (κ2) is 4.31. The maximum atomic E-state index is 8.94. The molecule has 0 amide bonds. The zero-order valence-corrected chi connectivity index (χ0v) is 10.3. The van der Waals surface area contributed by atoms with Crippen LogP contribution in [0.2, 0.25) is 0 Å². The van der Waals surface area contributed by atoms with E-state index in [1.165, 1.54) is 11.8 Å². The molecule has 1 heterocycles. The Morgan fingerprint density at radius 2 is 2.28 bits per heavy atom. The first-order valence-corrected chi connectivity index (χ1v) is 6.35. The number of benzene rings is 1. The van der Waals surface area contributed by atoms with Crippen molar-refractivity contribution in [3.8, 4) is 6.07 Å². The zero-order chi connectivity index (χ0) is 12.5. The monoisotopic (exact) mass is 258 g/mol. The van der Waals surface area contributed by atoms with Crippen LogP contribution in [0.4, 0.5) is 5.69 Å². The minimum absolute atomic E-state index is 0.419. The fourth-order valence-corrected chi connectivity index (χ4v) is 2.55. The van der Waals surface area contributed by atoms with E-state index in [0.717, 1.165) is 22.9 Å². The van der Waals surface area contributed by atoms with E-state index in [2.05, 4.69) is 21.6 Å². The molecule has 1 aromatic heterocycles. The minimum atomic E-state index is 0.419. The lowest BCUT2D eigenvalue weighted by Gasteiger charge is -2.06. The summed E-state index contributed by atoms with van der Waals surface area (Å²) in [5.74, 6) is 0. The highest BCUT2D eigenvalue weighted by Gasteiger charge is 2.28.